The Morgan fingerprint density at radius 3 is 1.64 bits per heavy atom. The van der Waals surface area contributed by atoms with Crippen molar-refractivity contribution < 1.29 is 0 Å². The molecule has 10 aromatic rings. The lowest BCUT2D eigenvalue weighted by molar-refractivity contribution is 1.30. The molecule has 0 unspecified atom stereocenters. The molecule has 0 amide bonds. The van der Waals surface area contributed by atoms with Gasteiger partial charge in [0.15, 0.2) is 0 Å². The van der Waals surface area contributed by atoms with Gasteiger partial charge in [0.1, 0.15) is 0 Å². The number of nitrogens with zero attached hydrogens (tertiary/aromatic N) is 3. The number of hydrogen-bond acceptors (Lipinski definition) is 3. The van der Waals surface area contributed by atoms with Crippen molar-refractivity contribution in [2.45, 2.75) is 0 Å². The zero-order chi connectivity index (χ0) is 35.1. The number of anilines is 3. The van der Waals surface area contributed by atoms with Crippen LogP contribution in [0.3, 0.4) is 0 Å². The van der Waals surface area contributed by atoms with Gasteiger partial charge in [0, 0.05) is 33.3 Å². The molecule has 0 saturated carbocycles. The summed E-state index contributed by atoms with van der Waals surface area (Å²) >= 11 is 0. The summed E-state index contributed by atoms with van der Waals surface area (Å²) in [6.07, 6.45) is 0. The Balaban J connectivity index is 1.12. The molecule has 0 N–H and O–H groups in total. The standard InChI is InChI=1S/C50H33N3/c1-4-14-38(15-5-1)48-49(39-16-6-2-7-17-39)52-50-45(51-48)32-29-37-25-23-36-24-26-40(33-44(36)47(37)50)34-27-30-42(31-28-34)53(41-19-8-3-9-20-41)46-22-12-18-35-13-10-11-21-43(35)46/h1-33H. The van der Waals surface area contributed by atoms with Gasteiger partial charge in [0.2, 0.25) is 0 Å². The van der Waals surface area contributed by atoms with Crippen molar-refractivity contribution in [2.24, 2.45) is 0 Å². The van der Waals surface area contributed by atoms with Crippen LogP contribution in [0.1, 0.15) is 0 Å². The highest BCUT2D eigenvalue weighted by Crippen LogP contribution is 2.41. The molecule has 1 aromatic heterocycles. The van der Waals surface area contributed by atoms with Gasteiger partial charge in [-0.25, -0.2) is 9.97 Å². The van der Waals surface area contributed by atoms with Gasteiger partial charge in [0.25, 0.3) is 0 Å². The van der Waals surface area contributed by atoms with Crippen molar-refractivity contribution in [3.63, 3.8) is 0 Å². The molecule has 53 heavy (non-hydrogen) atoms. The summed E-state index contributed by atoms with van der Waals surface area (Å²) in [7, 11) is 0. The summed E-state index contributed by atoms with van der Waals surface area (Å²) in [6, 6.07) is 70.9. The number of benzene rings is 9. The second kappa shape index (κ2) is 12.9. The first-order chi connectivity index (χ1) is 26.3. The van der Waals surface area contributed by atoms with Crippen LogP contribution >= 0.6 is 0 Å². The lowest BCUT2D eigenvalue weighted by atomic mass is 9.95. The van der Waals surface area contributed by atoms with Crippen LogP contribution in [0.5, 0.6) is 0 Å². The Labute approximate surface area is 308 Å². The summed E-state index contributed by atoms with van der Waals surface area (Å²) < 4.78 is 0. The molecule has 0 aliphatic heterocycles. The zero-order valence-electron chi connectivity index (χ0n) is 28.9. The van der Waals surface area contributed by atoms with Gasteiger partial charge in [0.05, 0.1) is 28.1 Å². The minimum atomic E-state index is 0.882. The topological polar surface area (TPSA) is 29.0 Å². The first-order valence-electron chi connectivity index (χ1n) is 18.0. The van der Waals surface area contributed by atoms with E-state index in [9.17, 15) is 0 Å². The van der Waals surface area contributed by atoms with E-state index < -0.39 is 0 Å². The third-order valence-corrected chi connectivity index (χ3v) is 10.2. The molecule has 248 valence electrons. The summed E-state index contributed by atoms with van der Waals surface area (Å²) in [5, 5.41) is 7.03. The Morgan fingerprint density at radius 1 is 0.340 bits per heavy atom. The van der Waals surface area contributed by atoms with Crippen LogP contribution < -0.4 is 4.90 Å². The van der Waals surface area contributed by atoms with Gasteiger partial charge < -0.3 is 4.90 Å². The second-order valence-electron chi connectivity index (χ2n) is 13.4. The van der Waals surface area contributed by atoms with E-state index >= 15 is 0 Å². The molecule has 3 heteroatoms. The highest BCUT2D eigenvalue weighted by Gasteiger charge is 2.18. The molecule has 3 nitrogen and oxygen atoms in total. The van der Waals surface area contributed by atoms with E-state index in [-0.39, 0.29) is 0 Å². The molecule has 0 spiro atoms. The van der Waals surface area contributed by atoms with Crippen molar-refractivity contribution in [3.8, 4) is 33.6 Å². The molecule has 0 radical (unpaired) electrons. The predicted octanol–water partition coefficient (Wildman–Crippen LogP) is 13.6. The van der Waals surface area contributed by atoms with Crippen LogP contribution in [-0.4, -0.2) is 9.97 Å². The van der Waals surface area contributed by atoms with Crippen LogP contribution in [-0.2, 0) is 0 Å². The largest absolute Gasteiger partial charge is 0.310 e. The highest BCUT2D eigenvalue weighted by molar-refractivity contribution is 6.19. The van der Waals surface area contributed by atoms with E-state index in [1.165, 1.54) is 16.2 Å². The van der Waals surface area contributed by atoms with Gasteiger partial charge in [-0.3, -0.25) is 0 Å². The summed E-state index contributed by atoms with van der Waals surface area (Å²) in [6.45, 7) is 0. The minimum Gasteiger partial charge on any atom is -0.310 e. The SMILES string of the molecule is c1ccc(-c2nc3ccc4ccc5ccc(-c6ccc(N(c7ccccc7)c7cccc8ccccc78)cc6)cc5c4c3nc2-c2ccccc2)cc1. The van der Waals surface area contributed by atoms with E-state index in [1.807, 2.05) is 12.1 Å². The van der Waals surface area contributed by atoms with Crippen LogP contribution in [0.15, 0.2) is 200 Å². The summed E-state index contributed by atoms with van der Waals surface area (Å²) in [4.78, 5) is 13.1. The van der Waals surface area contributed by atoms with E-state index in [0.29, 0.717) is 0 Å². The first-order valence-corrected chi connectivity index (χ1v) is 18.0. The fraction of sp³-hybridized carbons (Fsp3) is 0. The lowest BCUT2D eigenvalue weighted by Gasteiger charge is -2.27. The number of aromatic nitrogens is 2. The molecule has 0 bridgehead atoms. The number of fused-ring (bicyclic) bond motifs is 6. The average molecular weight is 676 g/mol. The average Bonchev–Trinajstić information content (AvgIpc) is 3.24. The van der Waals surface area contributed by atoms with Crippen molar-refractivity contribution >= 4 is 60.4 Å². The monoisotopic (exact) mass is 675 g/mol. The van der Waals surface area contributed by atoms with E-state index in [1.54, 1.807) is 0 Å². The number of rotatable bonds is 6. The normalized spacial score (nSPS) is 11.4. The molecular weight excluding hydrogens is 643 g/mol. The molecule has 10 rings (SSSR count). The van der Waals surface area contributed by atoms with Gasteiger partial charge in [-0.1, -0.05) is 158 Å². The minimum absolute atomic E-state index is 0.882. The van der Waals surface area contributed by atoms with E-state index in [2.05, 4.69) is 193 Å². The van der Waals surface area contributed by atoms with Gasteiger partial charge in [-0.15, -0.1) is 0 Å². The lowest BCUT2D eigenvalue weighted by Crippen LogP contribution is -2.10. The molecule has 0 aliphatic rings. The Bertz CT molecular complexity index is 2920. The van der Waals surface area contributed by atoms with Gasteiger partial charge in [-0.05, 0) is 75.1 Å². The van der Waals surface area contributed by atoms with Crippen LogP contribution in [0, 0.1) is 0 Å². The van der Waals surface area contributed by atoms with Gasteiger partial charge >= 0.3 is 0 Å². The predicted molar refractivity (Wildman–Crippen MR) is 223 cm³/mol. The van der Waals surface area contributed by atoms with E-state index in [0.717, 1.165) is 77.9 Å². The van der Waals surface area contributed by atoms with Crippen LogP contribution in [0.4, 0.5) is 17.1 Å². The Kier molecular flexibility index (Phi) is 7.47. The maximum absolute atomic E-state index is 5.44. The first kappa shape index (κ1) is 30.7. The molecular formula is C50H33N3. The highest BCUT2D eigenvalue weighted by atomic mass is 15.1. The zero-order valence-corrected chi connectivity index (χ0v) is 28.9. The smallest absolute Gasteiger partial charge is 0.0979 e. The quantitative estimate of drug-likeness (QED) is 0.164. The van der Waals surface area contributed by atoms with Crippen molar-refractivity contribution in [3.05, 3.63) is 200 Å². The van der Waals surface area contributed by atoms with Crippen molar-refractivity contribution in [1.29, 1.82) is 0 Å². The van der Waals surface area contributed by atoms with Crippen LogP contribution in [0.25, 0.3) is 77.0 Å². The third kappa shape index (κ3) is 5.47. The third-order valence-electron chi connectivity index (χ3n) is 10.2. The fourth-order valence-corrected chi connectivity index (χ4v) is 7.64. The maximum Gasteiger partial charge on any atom is 0.0979 e. The molecule has 0 aliphatic carbocycles. The summed E-state index contributed by atoms with van der Waals surface area (Å²) in [5.41, 5.74) is 11.3. The van der Waals surface area contributed by atoms with Crippen LogP contribution in [0.2, 0.25) is 0 Å². The van der Waals surface area contributed by atoms with Crippen molar-refractivity contribution in [2.75, 3.05) is 4.90 Å². The molecule has 1 heterocycles. The Hall–Kier alpha value is -7.10. The van der Waals surface area contributed by atoms with E-state index in [4.69, 9.17) is 9.97 Å². The van der Waals surface area contributed by atoms with Crippen molar-refractivity contribution in [1.82, 2.24) is 9.97 Å². The maximum atomic E-state index is 5.44. The fourth-order valence-electron chi connectivity index (χ4n) is 7.64. The second-order valence-corrected chi connectivity index (χ2v) is 13.4. The Morgan fingerprint density at radius 2 is 0.887 bits per heavy atom. The summed E-state index contributed by atoms with van der Waals surface area (Å²) in [5.74, 6) is 0. The molecule has 9 aromatic carbocycles. The van der Waals surface area contributed by atoms with Gasteiger partial charge in [-0.2, -0.15) is 0 Å². The molecule has 0 saturated heterocycles. The number of para-hydroxylation sites is 1. The molecule has 0 fully saturated rings. The molecule has 0 atom stereocenters. The number of hydrogen-bond donors (Lipinski definition) is 0.